The third kappa shape index (κ3) is 3.74. The zero-order valence-electron chi connectivity index (χ0n) is 10.7. The Hall–Kier alpha value is -0.120. The van der Waals surface area contributed by atoms with Gasteiger partial charge in [0.25, 0.3) is 0 Å². The van der Waals surface area contributed by atoms with Crippen molar-refractivity contribution >= 4 is 0 Å². The van der Waals surface area contributed by atoms with Crippen molar-refractivity contribution in [2.45, 2.75) is 38.8 Å². The Morgan fingerprint density at radius 3 is 2.47 bits per heavy atom. The van der Waals surface area contributed by atoms with Crippen molar-refractivity contribution in [1.29, 1.82) is 0 Å². The highest BCUT2D eigenvalue weighted by atomic mass is 15.2. The monoisotopic (exact) mass is 213 g/mol. The van der Waals surface area contributed by atoms with E-state index in [1.165, 1.54) is 25.9 Å². The van der Waals surface area contributed by atoms with Crippen LogP contribution in [0.25, 0.3) is 0 Å². The summed E-state index contributed by atoms with van der Waals surface area (Å²) in [5.74, 6) is 0.747. The van der Waals surface area contributed by atoms with Crippen molar-refractivity contribution in [3.8, 4) is 0 Å². The molecule has 0 spiro atoms. The first-order chi connectivity index (χ1) is 7.04. The molecule has 1 saturated heterocycles. The molecule has 0 bridgehead atoms. The molecule has 1 heterocycles. The Labute approximate surface area is 94.6 Å². The summed E-state index contributed by atoms with van der Waals surface area (Å²) in [6.07, 6.45) is 2.53. The molecule has 15 heavy (non-hydrogen) atoms. The number of rotatable bonds is 5. The smallest absolute Gasteiger partial charge is 0.0229 e. The highest BCUT2D eigenvalue weighted by Gasteiger charge is 2.28. The molecule has 2 N–H and O–H groups in total. The summed E-state index contributed by atoms with van der Waals surface area (Å²) in [6, 6.07) is 1.32. The van der Waals surface area contributed by atoms with Crippen LogP contribution in [0.15, 0.2) is 0 Å². The second kappa shape index (κ2) is 5.83. The molecule has 1 aliphatic heterocycles. The number of hydrogen-bond donors (Lipinski definition) is 1. The van der Waals surface area contributed by atoms with Gasteiger partial charge in [-0.25, -0.2) is 0 Å². The molecule has 3 heteroatoms. The van der Waals surface area contributed by atoms with E-state index in [0.717, 1.165) is 18.5 Å². The number of hydrogen-bond acceptors (Lipinski definition) is 3. The minimum Gasteiger partial charge on any atom is -0.329 e. The van der Waals surface area contributed by atoms with Gasteiger partial charge in [-0.05, 0) is 32.9 Å². The van der Waals surface area contributed by atoms with Crippen LogP contribution in [-0.4, -0.2) is 55.6 Å². The Morgan fingerprint density at radius 2 is 2.07 bits per heavy atom. The van der Waals surface area contributed by atoms with E-state index in [1.807, 2.05) is 0 Å². The van der Waals surface area contributed by atoms with Crippen molar-refractivity contribution in [1.82, 2.24) is 9.80 Å². The fraction of sp³-hybridized carbons (Fsp3) is 1.00. The van der Waals surface area contributed by atoms with Crippen LogP contribution in [-0.2, 0) is 0 Å². The van der Waals surface area contributed by atoms with Crippen molar-refractivity contribution in [3.63, 3.8) is 0 Å². The molecule has 90 valence electrons. The highest BCUT2D eigenvalue weighted by Crippen LogP contribution is 2.19. The van der Waals surface area contributed by atoms with Gasteiger partial charge < -0.3 is 10.6 Å². The lowest BCUT2D eigenvalue weighted by atomic mass is 10.0. The first kappa shape index (κ1) is 12.9. The van der Waals surface area contributed by atoms with Gasteiger partial charge in [0.2, 0.25) is 0 Å². The predicted molar refractivity (Wildman–Crippen MR) is 66.0 cm³/mol. The van der Waals surface area contributed by atoms with Gasteiger partial charge in [0.05, 0.1) is 0 Å². The Kier molecular flexibility index (Phi) is 5.03. The lowest BCUT2D eigenvalue weighted by Crippen LogP contribution is -2.42. The van der Waals surface area contributed by atoms with Gasteiger partial charge in [-0.2, -0.15) is 0 Å². The molecular formula is C12H27N3. The quantitative estimate of drug-likeness (QED) is 0.739. The molecule has 3 nitrogen and oxygen atoms in total. The Balaban J connectivity index is 2.42. The second-order valence-electron chi connectivity index (χ2n) is 5.42. The van der Waals surface area contributed by atoms with Gasteiger partial charge in [-0.3, -0.25) is 4.90 Å². The first-order valence-electron chi connectivity index (χ1n) is 6.15. The van der Waals surface area contributed by atoms with Crippen LogP contribution in [0, 0.1) is 5.92 Å². The van der Waals surface area contributed by atoms with Crippen molar-refractivity contribution in [3.05, 3.63) is 0 Å². The summed E-state index contributed by atoms with van der Waals surface area (Å²) in [4.78, 5) is 4.91. The van der Waals surface area contributed by atoms with Crippen LogP contribution >= 0.6 is 0 Å². The number of nitrogens with two attached hydrogens (primary N) is 1. The number of likely N-dealkylation sites (N-methyl/N-ethyl adjacent to an activating group) is 1. The molecule has 0 saturated carbocycles. The fourth-order valence-corrected chi connectivity index (χ4v) is 2.46. The third-order valence-electron chi connectivity index (χ3n) is 3.46. The van der Waals surface area contributed by atoms with E-state index in [0.29, 0.717) is 6.04 Å². The van der Waals surface area contributed by atoms with Gasteiger partial charge in [-0.15, -0.1) is 0 Å². The SMILES string of the molecule is CC(C)CC(CN)N1CCC(N(C)C)C1. The number of nitrogens with zero attached hydrogens (tertiary/aromatic N) is 2. The maximum Gasteiger partial charge on any atom is 0.0229 e. The minimum atomic E-state index is 0.593. The topological polar surface area (TPSA) is 32.5 Å². The lowest BCUT2D eigenvalue weighted by molar-refractivity contribution is 0.197. The molecule has 0 amide bonds. The fourth-order valence-electron chi connectivity index (χ4n) is 2.46. The van der Waals surface area contributed by atoms with Crippen molar-refractivity contribution < 1.29 is 0 Å². The van der Waals surface area contributed by atoms with Crippen LogP contribution in [0.1, 0.15) is 26.7 Å². The first-order valence-corrected chi connectivity index (χ1v) is 6.15. The molecule has 1 fully saturated rings. The Morgan fingerprint density at radius 1 is 1.40 bits per heavy atom. The summed E-state index contributed by atoms with van der Waals surface area (Å²) < 4.78 is 0. The zero-order chi connectivity index (χ0) is 11.4. The average Bonchev–Trinajstić information content (AvgIpc) is 2.62. The molecule has 2 unspecified atom stereocenters. The highest BCUT2D eigenvalue weighted by molar-refractivity contribution is 4.86. The average molecular weight is 213 g/mol. The van der Waals surface area contributed by atoms with Crippen LogP contribution < -0.4 is 5.73 Å². The largest absolute Gasteiger partial charge is 0.329 e. The molecule has 0 aromatic carbocycles. The molecule has 2 atom stereocenters. The summed E-state index contributed by atoms with van der Waals surface area (Å²) >= 11 is 0. The summed E-state index contributed by atoms with van der Waals surface area (Å²) in [5, 5.41) is 0. The van der Waals surface area contributed by atoms with Crippen LogP contribution in [0.2, 0.25) is 0 Å². The maximum absolute atomic E-state index is 5.87. The standard InChI is InChI=1S/C12H27N3/c1-10(2)7-12(8-13)15-6-5-11(9-15)14(3)4/h10-12H,5-9,13H2,1-4H3. The molecule has 0 aliphatic carbocycles. The molecule has 0 aromatic heterocycles. The summed E-state index contributed by atoms with van der Waals surface area (Å²) in [5.41, 5.74) is 5.87. The minimum absolute atomic E-state index is 0.593. The van der Waals surface area contributed by atoms with Gasteiger partial charge in [0.15, 0.2) is 0 Å². The van der Waals surface area contributed by atoms with Gasteiger partial charge in [0.1, 0.15) is 0 Å². The van der Waals surface area contributed by atoms with E-state index >= 15 is 0 Å². The lowest BCUT2D eigenvalue weighted by Gasteiger charge is -2.29. The number of likely N-dealkylation sites (tertiary alicyclic amines) is 1. The molecule has 1 aliphatic rings. The third-order valence-corrected chi connectivity index (χ3v) is 3.46. The van der Waals surface area contributed by atoms with Crippen molar-refractivity contribution in [2.75, 3.05) is 33.7 Å². The van der Waals surface area contributed by atoms with E-state index in [-0.39, 0.29) is 0 Å². The molecule has 0 aromatic rings. The molecular weight excluding hydrogens is 186 g/mol. The maximum atomic E-state index is 5.87. The van der Waals surface area contributed by atoms with Crippen molar-refractivity contribution in [2.24, 2.45) is 11.7 Å². The van der Waals surface area contributed by atoms with Crippen LogP contribution in [0.4, 0.5) is 0 Å². The predicted octanol–water partition coefficient (Wildman–Crippen LogP) is 0.996. The second-order valence-corrected chi connectivity index (χ2v) is 5.42. The van der Waals surface area contributed by atoms with Gasteiger partial charge >= 0.3 is 0 Å². The normalized spacial score (nSPS) is 25.4. The van der Waals surface area contributed by atoms with E-state index in [9.17, 15) is 0 Å². The van der Waals surface area contributed by atoms with Crippen LogP contribution in [0.3, 0.4) is 0 Å². The summed E-state index contributed by atoms with van der Waals surface area (Å²) in [6.45, 7) is 7.78. The molecule has 0 radical (unpaired) electrons. The Bertz CT molecular complexity index is 180. The summed E-state index contributed by atoms with van der Waals surface area (Å²) in [7, 11) is 4.35. The van der Waals surface area contributed by atoms with E-state index in [4.69, 9.17) is 5.73 Å². The van der Waals surface area contributed by atoms with E-state index in [2.05, 4.69) is 37.7 Å². The van der Waals surface area contributed by atoms with E-state index < -0.39 is 0 Å². The van der Waals surface area contributed by atoms with Crippen LogP contribution in [0.5, 0.6) is 0 Å². The van der Waals surface area contributed by atoms with Gasteiger partial charge in [0, 0.05) is 31.7 Å². The van der Waals surface area contributed by atoms with Gasteiger partial charge in [-0.1, -0.05) is 13.8 Å². The molecule has 1 rings (SSSR count). The zero-order valence-corrected chi connectivity index (χ0v) is 10.7. The van der Waals surface area contributed by atoms with E-state index in [1.54, 1.807) is 0 Å².